The zero-order valence-corrected chi connectivity index (χ0v) is 22.4. The Labute approximate surface area is 227 Å². The van der Waals surface area contributed by atoms with Crippen molar-refractivity contribution in [2.45, 2.75) is 25.4 Å². The van der Waals surface area contributed by atoms with Crippen LogP contribution in [0.1, 0.15) is 42.5 Å². The molecule has 1 aromatic carbocycles. The summed E-state index contributed by atoms with van der Waals surface area (Å²) in [7, 11) is 0. The molecule has 10 heteroatoms. The quantitative estimate of drug-likeness (QED) is 0.372. The molecule has 4 rings (SSSR count). The molecular weight excluding hydrogens is 527 g/mol. The number of nitriles is 1. The molecular formula is C27H25N3O4S3. The first-order valence-electron chi connectivity index (χ1n) is 11.7. The van der Waals surface area contributed by atoms with Gasteiger partial charge in [-0.3, -0.25) is 9.80 Å². The summed E-state index contributed by atoms with van der Waals surface area (Å²) in [5.74, 6) is 5.96. The lowest BCUT2D eigenvalue weighted by molar-refractivity contribution is 0.0148. The fraction of sp³-hybridized carbons (Fsp3) is 0.296. The first-order valence-corrected chi connectivity index (χ1v) is 14.4. The summed E-state index contributed by atoms with van der Waals surface area (Å²) in [4.78, 5) is 25.5. The molecule has 1 unspecified atom stereocenters. The zero-order valence-electron chi connectivity index (χ0n) is 19.9. The molecule has 1 saturated heterocycles. The maximum Gasteiger partial charge on any atom is 0.345 e. The van der Waals surface area contributed by atoms with Crippen molar-refractivity contribution in [1.82, 2.24) is 10.0 Å². The number of carboxylic acid groups (broad SMARTS) is 1. The van der Waals surface area contributed by atoms with Gasteiger partial charge in [0.1, 0.15) is 15.8 Å². The molecule has 0 bridgehead atoms. The number of aromatic carboxylic acids is 1. The van der Waals surface area contributed by atoms with Crippen LogP contribution in [0.15, 0.2) is 47.8 Å². The van der Waals surface area contributed by atoms with Crippen LogP contribution in [0.2, 0.25) is 0 Å². The van der Waals surface area contributed by atoms with E-state index in [1.807, 2.05) is 34.7 Å². The molecule has 37 heavy (non-hydrogen) atoms. The van der Waals surface area contributed by atoms with E-state index in [0.29, 0.717) is 47.9 Å². The number of hydrogen-bond acceptors (Lipinski definition) is 8. The largest absolute Gasteiger partial charge is 0.477 e. The van der Waals surface area contributed by atoms with E-state index in [2.05, 4.69) is 17.9 Å². The third kappa shape index (κ3) is 7.68. The minimum atomic E-state index is -0.939. The van der Waals surface area contributed by atoms with Gasteiger partial charge in [0.25, 0.3) is 5.24 Å². The second-order valence-corrected chi connectivity index (χ2v) is 11.5. The van der Waals surface area contributed by atoms with Gasteiger partial charge >= 0.3 is 5.97 Å². The number of carbonyl (C=O) groups is 2. The Balaban J connectivity index is 1.30. The Hall–Kier alpha value is -3.12. The normalized spacial score (nSPS) is 14.6. The molecule has 2 aromatic heterocycles. The van der Waals surface area contributed by atoms with Crippen molar-refractivity contribution < 1.29 is 19.8 Å². The molecule has 1 atom stereocenters. The van der Waals surface area contributed by atoms with E-state index >= 15 is 0 Å². The molecule has 1 aliphatic heterocycles. The van der Waals surface area contributed by atoms with Crippen LogP contribution < -0.4 is 0 Å². The summed E-state index contributed by atoms with van der Waals surface area (Å²) in [6.07, 6.45) is 1.01. The van der Waals surface area contributed by atoms with E-state index in [0.717, 1.165) is 28.1 Å². The fourth-order valence-electron chi connectivity index (χ4n) is 3.91. The van der Waals surface area contributed by atoms with Crippen LogP contribution in [0.5, 0.6) is 0 Å². The van der Waals surface area contributed by atoms with E-state index < -0.39 is 12.1 Å². The summed E-state index contributed by atoms with van der Waals surface area (Å²) in [5, 5.41) is 34.3. The molecule has 1 fully saturated rings. The summed E-state index contributed by atoms with van der Waals surface area (Å²) in [5.41, 5.74) is 2.64. The van der Waals surface area contributed by atoms with Crippen molar-refractivity contribution in [3.05, 3.63) is 79.2 Å². The minimum Gasteiger partial charge on any atom is -0.477 e. The van der Waals surface area contributed by atoms with Gasteiger partial charge in [-0.05, 0) is 48.7 Å². The monoisotopic (exact) mass is 551 g/mol. The molecule has 3 aromatic rings. The lowest BCUT2D eigenvalue weighted by Gasteiger charge is -2.38. The number of aliphatic hydroxyl groups is 1. The van der Waals surface area contributed by atoms with Gasteiger partial charge in [0, 0.05) is 53.2 Å². The lowest BCUT2D eigenvalue weighted by Crippen LogP contribution is -2.51. The van der Waals surface area contributed by atoms with Crippen molar-refractivity contribution in [3.8, 4) is 17.9 Å². The van der Waals surface area contributed by atoms with Gasteiger partial charge in [0.15, 0.2) is 0 Å². The average Bonchev–Trinajstić information content (AvgIpc) is 3.56. The number of nitrogens with zero attached hydrogens (tertiary/aromatic N) is 3. The molecule has 2 N–H and O–H groups in total. The standard InChI is InChI=1S/C27H25N3O4S3/c28-17-24-16-21(18-36-24)5-4-19-2-1-3-20(14-19)15-22(31)8-10-29-12-13-35-27(34)30(29)11-9-23-6-7-25(37-23)26(32)33/h1-3,6-7,14,16,18,22,31H,8-13,15H2,(H,32,33). The third-order valence-electron chi connectivity index (χ3n) is 5.75. The first-order chi connectivity index (χ1) is 17.9. The number of carbonyl (C=O) groups excluding carboxylic acids is 1. The number of thioether (sulfide) groups is 1. The number of thiophene rings is 2. The number of amides is 1. The topological polar surface area (TPSA) is 105 Å². The molecule has 190 valence electrons. The highest BCUT2D eigenvalue weighted by atomic mass is 32.2. The van der Waals surface area contributed by atoms with Crippen LogP contribution in [-0.2, 0) is 12.8 Å². The summed E-state index contributed by atoms with van der Waals surface area (Å²) < 4.78 is 0. The van der Waals surface area contributed by atoms with E-state index in [9.17, 15) is 14.7 Å². The van der Waals surface area contributed by atoms with Crippen molar-refractivity contribution >= 4 is 45.6 Å². The highest BCUT2D eigenvalue weighted by molar-refractivity contribution is 8.13. The van der Waals surface area contributed by atoms with Gasteiger partial charge in [0.05, 0.1) is 6.10 Å². The number of hydrazine groups is 1. The van der Waals surface area contributed by atoms with Gasteiger partial charge in [-0.15, -0.1) is 22.7 Å². The Morgan fingerprint density at radius 2 is 1.97 bits per heavy atom. The molecule has 1 aliphatic rings. The Morgan fingerprint density at radius 3 is 2.73 bits per heavy atom. The van der Waals surface area contributed by atoms with Crippen LogP contribution in [0, 0.1) is 23.2 Å². The Bertz CT molecular complexity index is 1360. The van der Waals surface area contributed by atoms with E-state index in [1.54, 1.807) is 23.2 Å². The SMILES string of the molecule is N#Cc1cc(C#Cc2cccc(CC(O)CCN3CCSC(=O)N3CCc3ccc(C(=O)O)s3)c2)cs1. The Kier molecular flexibility index (Phi) is 9.40. The highest BCUT2D eigenvalue weighted by Gasteiger charge is 2.27. The summed E-state index contributed by atoms with van der Waals surface area (Å²) in [6, 6.07) is 15.0. The number of carboxylic acids is 1. The number of benzene rings is 1. The maximum atomic E-state index is 12.6. The average molecular weight is 552 g/mol. The van der Waals surface area contributed by atoms with E-state index in [-0.39, 0.29) is 5.24 Å². The van der Waals surface area contributed by atoms with Crippen molar-refractivity contribution in [2.24, 2.45) is 0 Å². The van der Waals surface area contributed by atoms with E-state index in [1.165, 1.54) is 34.4 Å². The maximum absolute atomic E-state index is 12.6. The van der Waals surface area contributed by atoms with Gasteiger partial charge in [-0.1, -0.05) is 35.7 Å². The molecule has 1 amide bonds. The van der Waals surface area contributed by atoms with Gasteiger partial charge in [-0.25, -0.2) is 9.80 Å². The van der Waals surface area contributed by atoms with Crippen LogP contribution in [0.3, 0.4) is 0 Å². The number of hydrogen-bond donors (Lipinski definition) is 2. The third-order valence-corrected chi connectivity index (χ3v) is 8.56. The predicted octanol–water partition coefficient (Wildman–Crippen LogP) is 4.70. The van der Waals surface area contributed by atoms with Crippen LogP contribution >= 0.6 is 34.4 Å². The second-order valence-electron chi connectivity index (χ2n) is 8.42. The predicted molar refractivity (Wildman–Crippen MR) is 147 cm³/mol. The summed E-state index contributed by atoms with van der Waals surface area (Å²) in [6.45, 7) is 1.74. The highest BCUT2D eigenvalue weighted by Crippen LogP contribution is 2.22. The van der Waals surface area contributed by atoms with Crippen molar-refractivity contribution in [1.29, 1.82) is 5.26 Å². The van der Waals surface area contributed by atoms with E-state index in [4.69, 9.17) is 10.4 Å². The Morgan fingerprint density at radius 1 is 1.14 bits per heavy atom. The molecule has 0 aliphatic carbocycles. The van der Waals surface area contributed by atoms with Crippen LogP contribution in [0.25, 0.3) is 0 Å². The van der Waals surface area contributed by atoms with Gasteiger partial charge < -0.3 is 10.2 Å². The van der Waals surface area contributed by atoms with Crippen molar-refractivity contribution in [3.63, 3.8) is 0 Å². The second kappa shape index (κ2) is 12.9. The number of rotatable bonds is 9. The molecule has 0 spiro atoms. The fourth-order valence-corrected chi connectivity index (χ4v) is 6.21. The lowest BCUT2D eigenvalue weighted by atomic mass is 10.0. The molecule has 7 nitrogen and oxygen atoms in total. The van der Waals surface area contributed by atoms with Gasteiger partial charge in [-0.2, -0.15) is 5.26 Å². The number of aliphatic hydroxyl groups excluding tert-OH is 1. The first kappa shape index (κ1) is 26.9. The smallest absolute Gasteiger partial charge is 0.345 e. The zero-order chi connectivity index (χ0) is 26.2. The van der Waals surface area contributed by atoms with Gasteiger partial charge in [0.2, 0.25) is 0 Å². The minimum absolute atomic E-state index is 0.0189. The molecule has 0 saturated carbocycles. The van der Waals surface area contributed by atoms with Crippen LogP contribution in [-0.4, -0.2) is 62.9 Å². The summed E-state index contributed by atoms with van der Waals surface area (Å²) >= 11 is 3.89. The molecule has 0 radical (unpaired) electrons. The van der Waals surface area contributed by atoms with Crippen molar-refractivity contribution in [2.75, 3.05) is 25.4 Å². The van der Waals surface area contributed by atoms with Crippen LogP contribution in [0.4, 0.5) is 4.79 Å². The molecule has 3 heterocycles.